The van der Waals surface area contributed by atoms with Crippen LogP contribution in [0.4, 0.5) is 26.3 Å². The molecule has 0 saturated carbocycles. The van der Waals surface area contributed by atoms with Crippen molar-refractivity contribution in [1.29, 1.82) is 0 Å². The highest BCUT2D eigenvalue weighted by Crippen LogP contribution is 2.36. The molecule has 45 heavy (non-hydrogen) atoms. The van der Waals surface area contributed by atoms with Crippen molar-refractivity contribution in [3.63, 3.8) is 0 Å². The van der Waals surface area contributed by atoms with Crippen LogP contribution >= 0.6 is 0 Å². The lowest BCUT2D eigenvalue weighted by Crippen LogP contribution is -2.21. The summed E-state index contributed by atoms with van der Waals surface area (Å²) >= 11 is 0. The van der Waals surface area contributed by atoms with E-state index >= 15 is 0 Å². The highest BCUT2D eigenvalue weighted by molar-refractivity contribution is 5.98. The molecule has 12 heteroatoms. The SMILES string of the molecule is O=C(NN=Cc1ccc(-c2cccc(C(F)(F)F)c2)o1)c1cc2oc(-c3cccc(C(F)(F)F)c3)cc2n1Cc1ccccc1. The van der Waals surface area contributed by atoms with Gasteiger partial charge in [0.1, 0.15) is 23.0 Å². The van der Waals surface area contributed by atoms with Gasteiger partial charge in [0.2, 0.25) is 0 Å². The maximum atomic E-state index is 13.3. The zero-order valence-corrected chi connectivity index (χ0v) is 23.0. The Morgan fingerprint density at radius 2 is 1.38 bits per heavy atom. The van der Waals surface area contributed by atoms with Crippen molar-refractivity contribution in [1.82, 2.24) is 9.99 Å². The summed E-state index contributed by atoms with van der Waals surface area (Å²) in [5.41, 5.74) is 3.02. The minimum absolute atomic E-state index is 0.171. The molecule has 1 N–H and O–H groups in total. The second-order valence-corrected chi connectivity index (χ2v) is 10.0. The zero-order valence-electron chi connectivity index (χ0n) is 23.0. The van der Waals surface area contributed by atoms with Crippen LogP contribution in [-0.4, -0.2) is 16.7 Å². The van der Waals surface area contributed by atoms with Crippen molar-refractivity contribution in [2.45, 2.75) is 18.9 Å². The van der Waals surface area contributed by atoms with Gasteiger partial charge in [-0.15, -0.1) is 0 Å². The Balaban J connectivity index is 1.25. The van der Waals surface area contributed by atoms with Crippen molar-refractivity contribution in [3.05, 3.63) is 131 Å². The van der Waals surface area contributed by atoms with Crippen molar-refractivity contribution in [2.24, 2.45) is 5.10 Å². The smallest absolute Gasteiger partial charge is 0.416 e. The number of carbonyl (C=O) groups is 1. The van der Waals surface area contributed by atoms with E-state index in [1.54, 1.807) is 10.6 Å². The monoisotopic (exact) mass is 621 g/mol. The van der Waals surface area contributed by atoms with Crippen molar-refractivity contribution >= 4 is 23.2 Å². The minimum Gasteiger partial charge on any atom is -0.455 e. The Labute approximate surface area is 251 Å². The molecule has 0 atom stereocenters. The molecule has 0 bridgehead atoms. The highest BCUT2D eigenvalue weighted by Gasteiger charge is 2.31. The molecule has 6 nitrogen and oxygen atoms in total. The molecule has 0 saturated heterocycles. The lowest BCUT2D eigenvalue weighted by atomic mass is 10.1. The molecule has 228 valence electrons. The summed E-state index contributed by atoms with van der Waals surface area (Å²) in [6.07, 6.45) is -7.82. The van der Waals surface area contributed by atoms with Crippen LogP contribution in [0, 0.1) is 0 Å². The second-order valence-electron chi connectivity index (χ2n) is 10.0. The van der Waals surface area contributed by atoms with Gasteiger partial charge in [0.25, 0.3) is 5.91 Å². The number of benzene rings is 3. The lowest BCUT2D eigenvalue weighted by Gasteiger charge is -2.09. The standard InChI is InChI=1S/C33H21F6N3O3/c34-32(35,36)23-10-4-8-21(14-23)28-13-12-25(44-28)18-40-41-31(43)27-17-30-26(42(27)19-20-6-2-1-3-7-20)16-29(45-30)22-9-5-11-24(15-22)33(37,38)39/h1-18H,19H2,(H,41,43). The number of rotatable bonds is 7. The predicted molar refractivity (Wildman–Crippen MR) is 154 cm³/mol. The molecule has 3 heterocycles. The van der Waals surface area contributed by atoms with E-state index in [9.17, 15) is 31.1 Å². The van der Waals surface area contributed by atoms with Crippen LogP contribution in [0.1, 0.15) is 32.9 Å². The van der Waals surface area contributed by atoms with Gasteiger partial charge in [-0.1, -0.05) is 54.6 Å². The average Bonchev–Trinajstić information content (AvgIpc) is 3.73. The fourth-order valence-corrected chi connectivity index (χ4v) is 4.80. The molecule has 0 aliphatic carbocycles. The summed E-state index contributed by atoms with van der Waals surface area (Å²) in [6, 6.07) is 24.7. The van der Waals surface area contributed by atoms with Crippen molar-refractivity contribution < 1.29 is 40.0 Å². The first-order valence-electron chi connectivity index (χ1n) is 13.4. The number of fused-ring (bicyclic) bond motifs is 1. The summed E-state index contributed by atoms with van der Waals surface area (Å²) in [6.45, 7) is 0.247. The van der Waals surface area contributed by atoms with Crippen LogP contribution in [0.15, 0.2) is 117 Å². The molecule has 0 fully saturated rings. The Hall–Kier alpha value is -5.52. The van der Waals surface area contributed by atoms with Crippen LogP contribution < -0.4 is 5.43 Å². The summed E-state index contributed by atoms with van der Waals surface area (Å²) in [5, 5.41) is 3.93. The fourth-order valence-electron chi connectivity index (χ4n) is 4.80. The van der Waals surface area contributed by atoms with Gasteiger partial charge in [-0.25, -0.2) is 5.43 Å². The first-order chi connectivity index (χ1) is 21.5. The van der Waals surface area contributed by atoms with E-state index in [0.717, 1.165) is 29.8 Å². The molecule has 3 aromatic carbocycles. The van der Waals surface area contributed by atoms with Gasteiger partial charge in [0.05, 0.1) is 22.9 Å². The molecule has 1 amide bonds. The van der Waals surface area contributed by atoms with Gasteiger partial charge in [0.15, 0.2) is 5.58 Å². The summed E-state index contributed by atoms with van der Waals surface area (Å²) in [5.74, 6) is -0.0458. The van der Waals surface area contributed by atoms with Crippen molar-refractivity contribution in [3.8, 4) is 22.6 Å². The number of hydrazone groups is 1. The van der Waals surface area contributed by atoms with Gasteiger partial charge in [-0.2, -0.15) is 31.4 Å². The van der Waals surface area contributed by atoms with Gasteiger partial charge in [-0.05, 0) is 42.0 Å². The molecule has 0 aliphatic rings. The first kappa shape index (κ1) is 29.5. The molecular formula is C33H21F6N3O3. The molecule has 0 aliphatic heterocycles. The average molecular weight is 622 g/mol. The second kappa shape index (κ2) is 11.5. The number of nitrogens with zero attached hydrogens (tertiary/aromatic N) is 2. The van der Waals surface area contributed by atoms with Crippen LogP contribution in [0.5, 0.6) is 0 Å². The van der Waals surface area contributed by atoms with Crippen LogP contribution in [0.3, 0.4) is 0 Å². The summed E-state index contributed by atoms with van der Waals surface area (Å²) < 4.78 is 92.2. The van der Waals surface area contributed by atoms with Gasteiger partial charge >= 0.3 is 12.4 Å². The molecule has 6 rings (SSSR count). The predicted octanol–water partition coefficient (Wildman–Crippen LogP) is 9.01. The minimum atomic E-state index is -4.52. The topological polar surface area (TPSA) is 72.7 Å². The molecule has 3 aromatic heterocycles. The van der Waals surface area contributed by atoms with E-state index in [0.29, 0.717) is 5.52 Å². The Bertz CT molecular complexity index is 2020. The maximum Gasteiger partial charge on any atom is 0.416 e. The van der Waals surface area contributed by atoms with E-state index in [1.807, 2.05) is 30.3 Å². The van der Waals surface area contributed by atoms with E-state index in [4.69, 9.17) is 8.83 Å². The van der Waals surface area contributed by atoms with Crippen molar-refractivity contribution in [2.75, 3.05) is 0 Å². The summed E-state index contributed by atoms with van der Waals surface area (Å²) in [7, 11) is 0. The number of aromatic nitrogens is 1. The fraction of sp³-hybridized carbons (Fsp3) is 0.0909. The largest absolute Gasteiger partial charge is 0.455 e. The highest BCUT2D eigenvalue weighted by atomic mass is 19.4. The number of furan rings is 2. The lowest BCUT2D eigenvalue weighted by molar-refractivity contribution is -0.138. The number of carbonyl (C=O) groups excluding carboxylic acids is 1. The van der Waals surface area contributed by atoms with E-state index < -0.39 is 29.4 Å². The number of alkyl halides is 6. The van der Waals surface area contributed by atoms with Gasteiger partial charge in [0, 0.05) is 29.8 Å². The van der Waals surface area contributed by atoms with E-state index in [1.165, 1.54) is 48.7 Å². The van der Waals surface area contributed by atoms with Crippen LogP contribution in [-0.2, 0) is 18.9 Å². The Kier molecular flexibility index (Phi) is 7.57. The number of nitrogens with one attached hydrogen (secondary N) is 1. The normalized spacial score (nSPS) is 12.3. The molecule has 6 aromatic rings. The van der Waals surface area contributed by atoms with E-state index in [-0.39, 0.29) is 46.2 Å². The Morgan fingerprint density at radius 1 is 0.733 bits per heavy atom. The Morgan fingerprint density at radius 3 is 2.02 bits per heavy atom. The third-order valence-electron chi connectivity index (χ3n) is 6.94. The van der Waals surface area contributed by atoms with Crippen LogP contribution in [0.25, 0.3) is 33.7 Å². The van der Waals surface area contributed by atoms with Crippen LogP contribution in [0.2, 0.25) is 0 Å². The molecule has 0 radical (unpaired) electrons. The quantitative estimate of drug-likeness (QED) is 0.110. The molecule has 0 spiro atoms. The number of hydrogen-bond acceptors (Lipinski definition) is 4. The third-order valence-corrected chi connectivity index (χ3v) is 6.94. The molecular weight excluding hydrogens is 600 g/mol. The van der Waals surface area contributed by atoms with Gasteiger partial charge < -0.3 is 13.4 Å². The van der Waals surface area contributed by atoms with E-state index in [2.05, 4.69) is 10.5 Å². The molecule has 0 unspecified atom stereocenters. The number of amides is 1. The summed E-state index contributed by atoms with van der Waals surface area (Å²) in [4.78, 5) is 13.2. The van der Waals surface area contributed by atoms with Gasteiger partial charge in [-0.3, -0.25) is 4.79 Å². The zero-order chi connectivity index (χ0) is 31.8. The number of hydrogen-bond donors (Lipinski definition) is 1. The third kappa shape index (κ3) is 6.40. The number of halogens is 6. The maximum absolute atomic E-state index is 13.3. The first-order valence-corrected chi connectivity index (χ1v) is 13.4.